The highest BCUT2D eigenvalue weighted by molar-refractivity contribution is 6.31. The van der Waals surface area contributed by atoms with Crippen LogP contribution >= 0.6 is 11.6 Å². The van der Waals surface area contributed by atoms with E-state index in [4.69, 9.17) is 21.1 Å². The van der Waals surface area contributed by atoms with Gasteiger partial charge < -0.3 is 19.7 Å². The van der Waals surface area contributed by atoms with Gasteiger partial charge in [0.05, 0.1) is 24.8 Å². The number of morpholine rings is 1. The lowest BCUT2D eigenvalue weighted by Gasteiger charge is -2.27. The highest BCUT2D eigenvalue weighted by Crippen LogP contribution is 2.31. The number of fused-ring (bicyclic) bond motifs is 1. The second kappa shape index (κ2) is 6.54. The van der Waals surface area contributed by atoms with Crippen LogP contribution in [0.2, 0.25) is 5.02 Å². The summed E-state index contributed by atoms with van der Waals surface area (Å²) in [4.78, 5) is 26.3. The van der Waals surface area contributed by atoms with Crippen molar-refractivity contribution in [2.24, 2.45) is 5.92 Å². The van der Waals surface area contributed by atoms with Gasteiger partial charge in [-0.1, -0.05) is 11.6 Å². The van der Waals surface area contributed by atoms with E-state index in [-0.39, 0.29) is 24.8 Å². The fraction of sp³-hybridized carbons (Fsp3) is 0.467. The number of hydrogen-bond donors (Lipinski definition) is 1. The normalized spacial score (nSPS) is 21.4. The summed E-state index contributed by atoms with van der Waals surface area (Å²) in [7, 11) is 0. The average molecular weight is 325 g/mol. The molecule has 1 aromatic rings. The lowest BCUT2D eigenvalue weighted by molar-refractivity contribution is -0.138. The molecule has 22 heavy (non-hydrogen) atoms. The Morgan fingerprint density at radius 1 is 1.36 bits per heavy atom. The molecule has 0 aliphatic carbocycles. The summed E-state index contributed by atoms with van der Waals surface area (Å²) in [5.41, 5.74) is 0.541. The van der Waals surface area contributed by atoms with Crippen molar-refractivity contribution in [3.05, 3.63) is 23.2 Å². The molecule has 1 atom stereocenters. The van der Waals surface area contributed by atoms with Crippen molar-refractivity contribution in [3.8, 4) is 5.75 Å². The fourth-order valence-electron chi connectivity index (χ4n) is 2.53. The van der Waals surface area contributed by atoms with Crippen LogP contribution in [0.3, 0.4) is 0 Å². The van der Waals surface area contributed by atoms with Crippen LogP contribution in [0, 0.1) is 5.92 Å². The van der Waals surface area contributed by atoms with Crippen LogP contribution in [0.15, 0.2) is 18.2 Å². The number of rotatable bonds is 2. The number of halogens is 1. The zero-order chi connectivity index (χ0) is 15.5. The quantitative estimate of drug-likeness (QED) is 0.896. The Balaban J connectivity index is 1.66. The molecule has 1 fully saturated rings. The molecule has 0 saturated carbocycles. The Hall–Kier alpha value is -1.79. The lowest BCUT2D eigenvalue weighted by atomic mass is 10.0. The van der Waals surface area contributed by atoms with Crippen molar-refractivity contribution in [1.82, 2.24) is 4.90 Å². The van der Waals surface area contributed by atoms with Crippen LogP contribution in [-0.4, -0.2) is 49.6 Å². The van der Waals surface area contributed by atoms with Crippen molar-refractivity contribution >= 4 is 29.1 Å². The van der Waals surface area contributed by atoms with Crippen molar-refractivity contribution < 1.29 is 19.1 Å². The number of hydrogen-bond acceptors (Lipinski definition) is 4. The number of carbonyl (C=O) groups is 2. The predicted molar refractivity (Wildman–Crippen MR) is 81.1 cm³/mol. The third kappa shape index (κ3) is 3.34. The third-order valence-electron chi connectivity index (χ3n) is 3.80. The molecule has 0 spiro atoms. The molecule has 2 aliphatic heterocycles. The van der Waals surface area contributed by atoms with E-state index in [2.05, 4.69) is 5.32 Å². The van der Waals surface area contributed by atoms with E-state index >= 15 is 0 Å². The van der Waals surface area contributed by atoms with Gasteiger partial charge in [-0.2, -0.15) is 0 Å². The van der Waals surface area contributed by atoms with Gasteiger partial charge in [-0.25, -0.2) is 0 Å². The van der Waals surface area contributed by atoms with Crippen LogP contribution in [-0.2, 0) is 14.3 Å². The van der Waals surface area contributed by atoms with Crippen molar-refractivity contribution in [2.45, 2.75) is 6.42 Å². The molecule has 1 unspecified atom stereocenters. The first-order chi connectivity index (χ1) is 10.6. The number of carbonyl (C=O) groups excluding carboxylic acids is 2. The van der Waals surface area contributed by atoms with Gasteiger partial charge in [-0.3, -0.25) is 9.59 Å². The number of ether oxygens (including phenoxy) is 2. The minimum Gasteiger partial charge on any atom is -0.491 e. The minimum atomic E-state index is -0.512. The van der Waals surface area contributed by atoms with Gasteiger partial charge in [0.1, 0.15) is 12.4 Å². The highest BCUT2D eigenvalue weighted by atomic mass is 35.5. The minimum absolute atomic E-state index is 0.0453. The van der Waals surface area contributed by atoms with Crippen molar-refractivity contribution in [1.29, 1.82) is 0 Å². The van der Waals surface area contributed by atoms with Gasteiger partial charge in [-0.05, 0) is 18.2 Å². The first-order valence-corrected chi connectivity index (χ1v) is 7.60. The maximum atomic E-state index is 12.3. The Morgan fingerprint density at radius 3 is 2.91 bits per heavy atom. The monoisotopic (exact) mass is 324 g/mol. The number of amides is 2. The lowest BCUT2D eigenvalue weighted by Crippen LogP contribution is -2.42. The molecule has 0 radical (unpaired) electrons. The van der Waals surface area contributed by atoms with Gasteiger partial charge in [0.2, 0.25) is 11.8 Å². The van der Waals surface area contributed by atoms with Gasteiger partial charge in [-0.15, -0.1) is 0 Å². The number of anilines is 1. The van der Waals surface area contributed by atoms with Gasteiger partial charge in [0.15, 0.2) is 0 Å². The van der Waals surface area contributed by atoms with Crippen LogP contribution < -0.4 is 10.1 Å². The van der Waals surface area contributed by atoms with Gasteiger partial charge in [0, 0.05) is 24.5 Å². The van der Waals surface area contributed by atoms with Crippen molar-refractivity contribution in [3.63, 3.8) is 0 Å². The van der Waals surface area contributed by atoms with E-state index < -0.39 is 5.92 Å². The van der Waals surface area contributed by atoms with E-state index in [0.717, 1.165) is 0 Å². The Bertz CT molecular complexity index is 587. The van der Waals surface area contributed by atoms with Crippen molar-refractivity contribution in [2.75, 3.05) is 38.2 Å². The second-order valence-electron chi connectivity index (χ2n) is 5.33. The first-order valence-electron chi connectivity index (χ1n) is 7.22. The maximum Gasteiger partial charge on any atom is 0.231 e. The second-order valence-corrected chi connectivity index (χ2v) is 5.77. The largest absolute Gasteiger partial charge is 0.491 e. The SMILES string of the molecule is O=C1Nc2cc(Cl)ccc2OCC1CC(=O)N1CCOCC1. The smallest absolute Gasteiger partial charge is 0.231 e. The van der Waals surface area contributed by atoms with Crippen LogP contribution in [0.25, 0.3) is 0 Å². The first kappa shape index (κ1) is 15.1. The molecule has 1 aromatic carbocycles. The highest BCUT2D eigenvalue weighted by Gasteiger charge is 2.29. The number of nitrogens with zero attached hydrogens (tertiary/aromatic N) is 1. The summed E-state index contributed by atoms with van der Waals surface area (Å²) in [6.45, 7) is 2.41. The average Bonchev–Trinajstić information content (AvgIpc) is 2.67. The molecule has 3 rings (SSSR count). The van der Waals surface area contributed by atoms with E-state index in [9.17, 15) is 9.59 Å². The topological polar surface area (TPSA) is 67.9 Å². The molecule has 2 heterocycles. The number of benzene rings is 1. The fourth-order valence-corrected chi connectivity index (χ4v) is 2.70. The van der Waals surface area contributed by atoms with E-state index in [1.54, 1.807) is 23.1 Å². The maximum absolute atomic E-state index is 12.3. The molecule has 0 bridgehead atoms. The Labute approximate surface area is 133 Å². The standard InChI is InChI=1S/C15H17ClN2O4/c16-11-1-2-13-12(8-11)17-15(20)10(9-22-13)7-14(19)18-3-5-21-6-4-18/h1-2,8,10H,3-7,9H2,(H,17,20). The Kier molecular flexibility index (Phi) is 4.49. The van der Waals surface area contributed by atoms with E-state index in [1.807, 2.05) is 0 Å². The zero-order valence-corrected chi connectivity index (χ0v) is 12.8. The molecular formula is C15H17ClN2O4. The molecule has 2 amide bonds. The van der Waals surface area contributed by atoms with E-state index in [1.165, 1.54) is 0 Å². The molecule has 7 heteroatoms. The summed E-state index contributed by atoms with van der Waals surface area (Å²) in [6, 6.07) is 5.05. The van der Waals surface area contributed by atoms with Crippen LogP contribution in [0.1, 0.15) is 6.42 Å². The summed E-state index contributed by atoms with van der Waals surface area (Å²) in [6.07, 6.45) is 0.132. The van der Waals surface area contributed by atoms with Crippen LogP contribution in [0.4, 0.5) is 5.69 Å². The molecule has 1 saturated heterocycles. The molecule has 6 nitrogen and oxygen atoms in total. The molecule has 1 N–H and O–H groups in total. The summed E-state index contributed by atoms with van der Waals surface area (Å²) < 4.78 is 10.9. The summed E-state index contributed by atoms with van der Waals surface area (Å²) >= 11 is 5.92. The third-order valence-corrected chi connectivity index (χ3v) is 4.03. The van der Waals surface area contributed by atoms with E-state index in [0.29, 0.717) is 42.8 Å². The summed E-state index contributed by atoms with van der Waals surface area (Å²) in [5, 5.41) is 3.30. The molecule has 118 valence electrons. The number of nitrogens with one attached hydrogen (secondary N) is 1. The predicted octanol–water partition coefficient (Wildman–Crippen LogP) is 1.54. The molecule has 2 aliphatic rings. The van der Waals surface area contributed by atoms with Crippen LogP contribution in [0.5, 0.6) is 5.75 Å². The zero-order valence-electron chi connectivity index (χ0n) is 12.0. The summed E-state index contributed by atoms with van der Waals surface area (Å²) in [5.74, 6) is -0.209. The Morgan fingerprint density at radius 2 is 2.14 bits per heavy atom. The molecular weight excluding hydrogens is 308 g/mol. The van der Waals surface area contributed by atoms with Gasteiger partial charge >= 0.3 is 0 Å². The molecule has 0 aromatic heterocycles. The van der Waals surface area contributed by atoms with Gasteiger partial charge in [0.25, 0.3) is 0 Å².